The molecule has 0 saturated heterocycles. The Morgan fingerprint density at radius 3 is 2.38 bits per heavy atom. The van der Waals surface area contributed by atoms with Gasteiger partial charge in [-0.2, -0.15) is 0 Å². The van der Waals surface area contributed by atoms with E-state index in [0.717, 1.165) is 11.8 Å². The fourth-order valence-corrected chi connectivity index (χ4v) is 4.10. The Balaban J connectivity index is 2.03. The summed E-state index contributed by atoms with van der Waals surface area (Å²) >= 11 is 0. The first-order chi connectivity index (χ1) is 7.26. The Morgan fingerprint density at radius 1 is 1.25 bits per heavy atom. The van der Waals surface area contributed by atoms with E-state index in [1.165, 1.54) is 12.8 Å². The summed E-state index contributed by atoms with van der Waals surface area (Å²) in [6.45, 7) is 11.8. The zero-order valence-corrected chi connectivity index (χ0v) is 12.3. The minimum absolute atomic E-state index is 0.278. The molecule has 0 bridgehead atoms. The first-order valence-electron chi connectivity index (χ1n) is 6.55. The van der Waals surface area contributed by atoms with Gasteiger partial charge in [-0.1, -0.05) is 20.8 Å². The van der Waals surface area contributed by atoms with Crippen molar-refractivity contribution < 1.29 is 9.53 Å². The van der Waals surface area contributed by atoms with Crippen molar-refractivity contribution in [3.8, 4) is 0 Å². The lowest BCUT2D eigenvalue weighted by molar-refractivity contribution is 0.0785. The van der Waals surface area contributed by atoms with Crippen molar-refractivity contribution in [1.82, 2.24) is 0 Å². The molecule has 2 aliphatic rings. The molecule has 0 aliphatic heterocycles. The lowest BCUT2D eigenvalue weighted by atomic mass is 10.0. The summed E-state index contributed by atoms with van der Waals surface area (Å²) in [5.41, 5.74) is 0. The van der Waals surface area contributed by atoms with Gasteiger partial charge in [0.25, 0.3) is 0 Å². The summed E-state index contributed by atoms with van der Waals surface area (Å²) in [5.74, 6) is 2.05. The number of hydrogen-bond donors (Lipinski definition) is 1. The normalized spacial score (nSPS) is 38.6. The molecule has 94 valence electrons. The molecule has 2 nitrogen and oxygen atoms in total. The van der Waals surface area contributed by atoms with E-state index in [0.29, 0.717) is 18.6 Å². The van der Waals surface area contributed by atoms with E-state index in [1.54, 1.807) is 0 Å². The summed E-state index contributed by atoms with van der Waals surface area (Å²) in [7, 11) is -1.65. The molecule has 0 spiro atoms. The fraction of sp³-hybridized carbons (Fsp3) is 1.00. The van der Waals surface area contributed by atoms with E-state index >= 15 is 0 Å². The van der Waals surface area contributed by atoms with Crippen LogP contribution in [-0.4, -0.2) is 26.1 Å². The maximum absolute atomic E-state index is 9.41. The van der Waals surface area contributed by atoms with Gasteiger partial charge in [-0.15, -0.1) is 0 Å². The predicted molar refractivity (Wildman–Crippen MR) is 68.9 cm³/mol. The third-order valence-electron chi connectivity index (χ3n) is 4.94. The third kappa shape index (κ3) is 2.09. The molecule has 1 N–H and O–H groups in total. The summed E-state index contributed by atoms with van der Waals surface area (Å²) in [5, 5.41) is 9.69. The average molecular weight is 242 g/mol. The van der Waals surface area contributed by atoms with E-state index in [4.69, 9.17) is 4.43 Å². The Morgan fingerprint density at radius 2 is 1.88 bits per heavy atom. The van der Waals surface area contributed by atoms with Crippen LogP contribution in [0.4, 0.5) is 0 Å². The van der Waals surface area contributed by atoms with E-state index in [2.05, 4.69) is 33.9 Å². The van der Waals surface area contributed by atoms with Crippen molar-refractivity contribution in [3.63, 3.8) is 0 Å². The van der Waals surface area contributed by atoms with E-state index in [9.17, 15) is 5.11 Å². The zero-order chi connectivity index (χ0) is 12.1. The highest BCUT2D eigenvalue weighted by atomic mass is 28.4. The smallest absolute Gasteiger partial charge is 0.192 e. The second kappa shape index (κ2) is 3.82. The molecule has 2 fully saturated rings. The van der Waals surface area contributed by atoms with Gasteiger partial charge in [0.15, 0.2) is 8.32 Å². The van der Waals surface area contributed by atoms with Gasteiger partial charge < -0.3 is 9.53 Å². The molecule has 2 saturated carbocycles. The minimum atomic E-state index is -1.65. The van der Waals surface area contributed by atoms with Crippen LogP contribution in [0, 0.1) is 17.8 Å². The van der Waals surface area contributed by atoms with E-state index in [1.807, 2.05) is 0 Å². The number of aliphatic hydroxyl groups is 1. The molecule has 0 aromatic heterocycles. The van der Waals surface area contributed by atoms with E-state index in [-0.39, 0.29) is 5.04 Å². The van der Waals surface area contributed by atoms with Gasteiger partial charge in [0.2, 0.25) is 0 Å². The largest absolute Gasteiger partial charge is 0.413 e. The maximum atomic E-state index is 9.41. The van der Waals surface area contributed by atoms with Crippen LogP contribution < -0.4 is 0 Å². The Kier molecular flexibility index (Phi) is 3.01. The summed E-state index contributed by atoms with van der Waals surface area (Å²) in [6.07, 6.45) is 2.90. The topological polar surface area (TPSA) is 29.5 Å². The van der Waals surface area contributed by atoms with Crippen LogP contribution in [-0.2, 0) is 4.43 Å². The fourth-order valence-electron chi connectivity index (χ4n) is 2.70. The first kappa shape index (κ1) is 12.6. The molecule has 2 rings (SSSR count). The predicted octanol–water partition coefficient (Wildman–Crippen LogP) is 3.03. The van der Waals surface area contributed by atoms with Gasteiger partial charge >= 0.3 is 0 Å². The van der Waals surface area contributed by atoms with Crippen LogP contribution in [0.1, 0.15) is 33.6 Å². The molecule has 2 unspecified atom stereocenters. The lowest BCUT2D eigenvalue weighted by Crippen LogP contribution is -2.46. The van der Waals surface area contributed by atoms with Gasteiger partial charge in [-0.05, 0) is 42.8 Å². The van der Waals surface area contributed by atoms with Gasteiger partial charge in [0.1, 0.15) is 0 Å². The standard InChI is InChI=1S/C13H26O2Si/c1-13(2,3)16(4,5)15-12-10(8-14)6-9-7-11(9)12/h9-12,14H,6-8H2,1-5H3/t9?,10-,11?,12-/m0/s1. The van der Waals surface area contributed by atoms with Crippen LogP contribution in [0.15, 0.2) is 0 Å². The monoisotopic (exact) mass is 242 g/mol. The zero-order valence-electron chi connectivity index (χ0n) is 11.3. The Labute approximate surface area is 101 Å². The van der Waals surface area contributed by atoms with Crippen LogP contribution in [0.5, 0.6) is 0 Å². The minimum Gasteiger partial charge on any atom is -0.413 e. The SMILES string of the molecule is CC(C)(C)[Si](C)(C)O[C@@H]1C2CC2C[C@H]1CO. The van der Waals surface area contributed by atoms with Crippen LogP contribution in [0.3, 0.4) is 0 Å². The first-order valence-corrected chi connectivity index (χ1v) is 9.46. The van der Waals surface area contributed by atoms with Crippen molar-refractivity contribution in [2.24, 2.45) is 17.8 Å². The molecule has 2 aliphatic carbocycles. The highest BCUT2D eigenvalue weighted by Crippen LogP contribution is 2.57. The molecule has 3 heteroatoms. The van der Waals surface area contributed by atoms with Gasteiger partial charge in [-0.3, -0.25) is 0 Å². The second-order valence-electron chi connectivity index (χ2n) is 7.18. The van der Waals surface area contributed by atoms with Crippen molar-refractivity contribution in [2.45, 2.75) is 57.8 Å². The molecule has 0 amide bonds. The Hall–Kier alpha value is 0.137. The molecule has 0 heterocycles. The highest BCUT2D eigenvalue weighted by Gasteiger charge is 2.56. The van der Waals surface area contributed by atoms with Crippen molar-refractivity contribution >= 4 is 8.32 Å². The molecule has 16 heavy (non-hydrogen) atoms. The maximum Gasteiger partial charge on any atom is 0.192 e. The molecule has 4 atom stereocenters. The van der Waals surface area contributed by atoms with Gasteiger partial charge in [-0.25, -0.2) is 0 Å². The third-order valence-corrected chi connectivity index (χ3v) is 9.41. The van der Waals surface area contributed by atoms with Crippen molar-refractivity contribution in [2.75, 3.05) is 6.61 Å². The van der Waals surface area contributed by atoms with Crippen LogP contribution in [0.2, 0.25) is 18.1 Å². The molecule has 0 aromatic rings. The van der Waals surface area contributed by atoms with Crippen LogP contribution >= 0.6 is 0 Å². The molecule has 0 aromatic carbocycles. The molecular weight excluding hydrogens is 216 g/mol. The number of aliphatic hydroxyl groups excluding tert-OH is 1. The lowest BCUT2D eigenvalue weighted by Gasteiger charge is -2.40. The summed E-state index contributed by atoms with van der Waals surface area (Å²) < 4.78 is 6.50. The molecule has 0 radical (unpaired) electrons. The van der Waals surface area contributed by atoms with Crippen LogP contribution in [0.25, 0.3) is 0 Å². The van der Waals surface area contributed by atoms with Gasteiger partial charge in [0.05, 0.1) is 6.10 Å². The Bertz CT molecular complexity index is 270. The van der Waals surface area contributed by atoms with Crippen molar-refractivity contribution in [1.29, 1.82) is 0 Å². The quantitative estimate of drug-likeness (QED) is 0.771. The average Bonchev–Trinajstić information content (AvgIpc) is 2.82. The highest BCUT2D eigenvalue weighted by molar-refractivity contribution is 6.74. The van der Waals surface area contributed by atoms with Crippen molar-refractivity contribution in [3.05, 3.63) is 0 Å². The van der Waals surface area contributed by atoms with E-state index < -0.39 is 8.32 Å². The summed E-state index contributed by atoms with van der Waals surface area (Å²) in [4.78, 5) is 0. The van der Waals surface area contributed by atoms with Gasteiger partial charge in [0, 0.05) is 12.5 Å². The number of fused-ring (bicyclic) bond motifs is 1. The number of rotatable bonds is 3. The number of hydrogen-bond acceptors (Lipinski definition) is 2. The molecular formula is C13H26O2Si. The summed E-state index contributed by atoms with van der Waals surface area (Å²) in [6, 6.07) is 0. The second-order valence-corrected chi connectivity index (χ2v) is 11.9.